The third-order valence-corrected chi connectivity index (χ3v) is 5.99. The summed E-state index contributed by atoms with van der Waals surface area (Å²) in [4.78, 5) is 7.09. The molecule has 1 aromatic rings. The Kier molecular flexibility index (Phi) is 7.89. The van der Waals surface area contributed by atoms with Crippen molar-refractivity contribution in [3.05, 3.63) is 35.4 Å². The van der Waals surface area contributed by atoms with E-state index in [2.05, 4.69) is 50.0 Å². The van der Waals surface area contributed by atoms with Gasteiger partial charge >= 0.3 is 0 Å². The van der Waals surface area contributed by atoms with Gasteiger partial charge < -0.3 is 15.0 Å². The van der Waals surface area contributed by atoms with Crippen LogP contribution in [0.15, 0.2) is 29.3 Å². The molecule has 1 aromatic carbocycles. The van der Waals surface area contributed by atoms with Crippen molar-refractivity contribution >= 4 is 15.8 Å². The van der Waals surface area contributed by atoms with Crippen molar-refractivity contribution in [2.45, 2.75) is 40.2 Å². The first-order valence-corrected chi connectivity index (χ1v) is 12.1. The summed E-state index contributed by atoms with van der Waals surface area (Å²) >= 11 is 0. The van der Waals surface area contributed by atoms with Gasteiger partial charge in [0.15, 0.2) is 5.96 Å². The molecule has 1 unspecified atom stereocenters. The first kappa shape index (κ1) is 22.7. The summed E-state index contributed by atoms with van der Waals surface area (Å²) in [5, 5.41) is 3.39. The van der Waals surface area contributed by atoms with E-state index in [0.717, 1.165) is 25.6 Å². The maximum Gasteiger partial charge on any atom is 0.194 e. The van der Waals surface area contributed by atoms with Crippen molar-refractivity contribution < 1.29 is 13.2 Å². The average Bonchev–Trinajstić information content (AvgIpc) is 2.64. The Labute approximate surface area is 170 Å². The first-order chi connectivity index (χ1) is 13.1. The number of hydrogen-bond acceptors (Lipinski definition) is 4. The molecule has 28 heavy (non-hydrogen) atoms. The molecule has 0 saturated carbocycles. The Hall–Kier alpha value is -1.60. The van der Waals surface area contributed by atoms with E-state index in [9.17, 15) is 8.42 Å². The molecule has 1 aliphatic rings. The zero-order valence-corrected chi connectivity index (χ0v) is 18.7. The molecule has 1 heterocycles. The lowest BCUT2D eigenvalue weighted by Gasteiger charge is -2.36. The number of nitrogens with one attached hydrogen (secondary N) is 1. The van der Waals surface area contributed by atoms with E-state index in [-0.39, 0.29) is 17.3 Å². The quantitative estimate of drug-likeness (QED) is 0.554. The number of aryl methyl sites for hydroxylation is 1. The Morgan fingerprint density at radius 1 is 1.36 bits per heavy atom. The highest BCUT2D eigenvalue weighted by atomic mass is 32.2. The molecule has 1 aliphatic heterocycles. The van der Waals surface area contributed by atoms with E-state index >= 15 is 0 Å². The molecule has 0 radical (unpaired) electrons. The number of sulfone groups is 1. The van der Waals surface area contributed by atoms with Crippen LogP contribution in [-0.4, -0.2) is 64.1 Å². The fraction of sp³-hybridized carbons (Fsp3) is 0.667. The number of aliphatic imine (C=N–C) groups is 1. The van der Waals surface area contributed by atoms with Crippen molar-refractivity contribution in [1.29, 1.82) is 0 Å². The minimum atomic E-state index is -2.96. The molecule has 1 saturated heterocycles. The molecule has 0 bridgehead atoms. The number of rotatable bonds is 7. The Morgan fingerprint density at radius 3 is 2.71 bits per heavy atom. The van der Waals surface area contributed by atoms with Crippen molar-refractivity contribution in [3.8, 4) is 0 Å². The number of morpholine rings is 1. The van der Waals surface area contributed by atoms with E-state index in [1.54, 1.807) is 0 Å². The van der Waals surface area contributed by atoms with E-state index in [1.165, 1.54) is 17.4 Å². The first-order valence-electron chi connectivity index (χ1n) is 9.99. The second-order valence-corrected chi connectivity index (χ2v) is 10.6. The molecule has 7 heteroatoms. The monoisotopic (exact) mass is 409 g/mol. The van der Waals surface area contributed by atoms with E-state index in [0.29, 0.717) is 19.6 Å². The Bertz CT molecular complexity index is 775. The zero-order chi connectivity index (χ0) is 20.8. The van der Waals surface area contributed by atoms with Gasteiger partial charge in [-0.2, -0.15) is 0 Å². The van der Waals surface area contributed by atoms with Crippen LogP contribution < -0.4 is 5.32 Å². The Morgan fingerprint density at radius 2 is 2.07 bits per heavy atom. The van der Waals surface area contributed by atoms with Crippen LogP contribution in [0.4, 0.5) is 0 Å². The van der Waals surface area contributed by atoms with Crippen LogP contribution >= 0.6 is 0 Å². The summed E-state index contributed by atoms with van der Waals surface area (Å²) < 4.78 is 29.0. The van der Waals surface area contributed by atoms with Gasteiger partial charge in [0.25, 0.3) is 0 Å². The molecule has 2 rings (SSSR count). The minimum Gasteiger partial charge on any atom is -0.370 e. The van der Waals surface area contributed by atoms with Gasteiger partial charge in [-0.3, -0.25) is 4.99 Å². The normalized spacial score (nSPS) is 19.0. The van der Waals surface area contributed by atoms with E-state index < -0.39 is 9.84 Å². The molecule has 0 aromatic heterocycles. The fourth-order valence-corrected chi connectivity index (χ4v) is 4.16. The number of ether oxygens (including phenoxy) is 1. The summed E-state index contributed by atoms with van der Waals surface area (Å²) in [6.07, 6.45) is 1.91. The van der Waals surface area contributed by atoms with Gasteiger partial charge in [-0.25, -0.2) is 8.42 Å². The summed E-state index contributed by atoms with van der Waals surface area (Å²) in [5.41, 5.74) is 2.28. The molecule has 6 nitrogen and oxygen atoms in total. The Balaban J connectivity index is 2.09. The van der Waals surface area contributed by atoms with Gasteiger partial charge in [0.1, 0.15) is 15.9 Å². The number of nitrogens with zero attached hydrogens (tertiary/aromatic N) is 2. The standard InChI is InChI=1S/C21H35N3O3S/c1-6-22-20(23-16-21(3,4)11-14-28(5,25)26)24-12-13-27-19(15-24)18-10-8-7-9-17(18)2/h7-10,19H,6,11-16H2,1-5H3,(H,22,23). The summed E-state index contributed by atoms with van der Waals surface area (Å²) in [6, 6.07) is 8.33. The molecule has 0 aliphatic carbocycles. The highest BCUT2D eigenvalue weighted by molar-refractivity contribution is 7.90. The van der Waals surface area contributed by atoms with Gasteiger partial charge in [0, 0.05) is 25.9 Å². The zero-order valence-electron chi connectivity index (χ0n) is 17.9. The maximum atomic E-state index is 11.5. The van der Waals surface area contributed by atoms with Crippen LogP contribution in [0.1, 0.15) is 44.4 Å². The second kappa shape index (κ2) is 9.74. The van der Waals surface area contributed by atoms with Crippen LogP contribution in [0.2, 0.25) is 0 Å². The molecule has 0 amide bonds. The van der Waals surface area contributed by atoms with Crippen LogP contribution in [-0.2, 0) is 14.6 Å². The van der Waals surface area contributed by atoms with Gasteiger partial charge in [-0.15, -0.1) is 0 Å². The van der Waals surface area contributed by atoms with E-state index in [4.69, 9.17) is 9.73 Å². The SMILES string of the molecule is CCNC(=NCC(C)(C)CCS(C)(=O)=O)N1CCOC(c2ccccc2C)C1. The number of hydrogen-bond donors (Lipinski definition) is 1. The molecular formula is C21H35N3O3S. The molecular weight excluding hydrogens is 374 g/mol. The third kappa shape index (κ3) is 7.09. The van der Waals surface area contributed by atoms with Crippen molar-refractivity contribution in [1.82, 2.24) is 10.2 Å². The molecule has 158 valence electrons. The van der Waals surface area contributed by atoms with Crippen molar-refractivity contribution in [2.75, 3.05) is 44.8 Å². The van der Waals surface area contributed by atoms with E-state index in [1.807, 2.05) is 12.1 Å². The summed E-state index contributed by atoms with van der Waals surface area (Å²) in [5.74, 6) is 1.07. The van der Waals surface area contributed by atoms with Crippen LogP contribution in [0, 0.1) is 12.3 Å². The van der Waals surface area contributed by atoms with Crippen LogP contribution in [0.3, 0.4) is 0 Å². The van der Waals surface area contributed by atoms with Gasteiger partial charge in [-0.05, 0) is 36.8 Å². The van der Waals surface area contributed by atoms with Gasteiger partial charge in [0.05, 0.1) is 18.9 Å². The highest BCUT2D eigenvalue weighted by Crippen LogP contribution is 2.26. The lowest BCUT2D eigenvalue weighted by molar-refractivity contribution is -0.00838. The predicted octanol–water partition coefficient (Wildman–Crippen LogP) is 2.79. The largest absolute Gasteiger partial charge is 0.370 e. The van der Waals surface area contributed by atoms with Gasteiger partial charge in [-0.1, -0.05) is 38.1 Å². The highest BCUT2D eigenvalue weighted by Gasteiger charge is 2.26. The summed E-state index contributed by atoms with van der Waals surface area (Å²) in [7, 11) is -2.96. The predicted molar refractivity (Wildman–Crippen MR) is 116 cm³/mol. The molecule has 1 fully saturated rings. The second-order valence-electron chi connectivity index (χ2n) is 8.38. The third-order valence-electron chi connectivity index (χ3n) is 5.04. The molecule has 1 atom stereocenters. The van der Waals surface area contributed by atoms with Crippen molar-refractivity contribution in [3.63, 3.8) is 0 Å². The number of guanidine groups is 1. The van der Waals surface area contributed by atoms with Gasteiger partial charge in [0.2, 0.25) is 0 Å². The summed E-state index contributed by atoms with van der Waals surface area (Å²) in [6.45, 7) is 11.9. The molecule has 1 N–H and O–H groups in total. The smallest absolute Gasteiger partial charge is 0.194 e. The van der Waals surface area contributed by atoms with Crippen LogP contribution in [0.25, 0.3) is 0 Å². The van der Waals surface area contributed by atoms with Crippen molar-refractivity contribution in [2.24, 2.45) is 10.4 Å². The topological polar surface area (TPSA) is 71.0 Å². The fourth-order valence-electron chi connectivity index (χ4n) is 3.23. The minimum absolute atomic E-state index is 0.0250. The maximum absolute atomic E-state index is 11.5. The molecule has 0 spiro atoms. The van der Waals surface area contributed by atoms with Crippen LogP contribution in [0.5, 0.6) is 0 Å². The lowest BCUT2D eigenvalue weighted by atomic mass is 9.90. The number of benzene rings is 1. The lowest BCUT2D eigenvalue weighted by Crippen LogP contribution is -2.48. The average molecular weight is 410 g/mol.